The van der Waals surface area contributed by atoms with Crippen molar-refractivity contribution in [3.05, 3.63) is 30.1 Å². The lowest BCUT2D eigenvalue weighted by atomic mass is 9.95. The lowest BCUT2D eigenvalue weighted by molar-refractivity contribution is -0.121. The molecule has 2 N–H and O–H groups in total. The van der Waals surface area contributed by atoms with Crippen molar-refractivity contribution in [3.63, 3.8) is 0 Å². The summed E-state index contributed by atoms with van der Waals surface area (Å²) >= 11 is 0. The summed E-state index contributed by atoms with van der Waals surface area (Å²) in [6.45, 7) is 1.37. The van der Waals surface area contributed by atoms with E-state index in [1.807, 2.05) is 12.1 Å². The number of carbonyl (C=O) groups is 1. The van der Waals surface area contributed by atoms with Crippen LogP contribution in [-0.2, 0) is 11.3 Å². The molecule has 104 valence electrons. The van der Waals surface area contributed by atoms with Crippen LogP contribution in [-0.4, -0.2) is 23.5 Å². The smallest absolute Gasteiger partial charge is 0.221 e. The molecule has 1 fully saturated rings. The maximum Gasteiger partial charge on any atom is 0.221 e. The number of amides is 1. The van der Waals surface area contributed by atoms with Gasteiger partial charge in [-0.2, -0.15) is 0 Å². The van der Waals surface area contributed by atoms with E-state index in [-0.39, 0.29) is 5.91 Å². The second kappa shape index (κ2) is 7.89. The average Bonchev–Trinajstić information content (AvgIpc) is 2.47. The van der Waals surface area contributed by atoms with Crippen LogP contribution in [0.5, 0.6) is 0 Å². The molecule has 1 heterocycles. The fourth-order valence-corrected chi connectivity index (χ4v) is 2.49. The molecule has 0 saturated heterocycles. The fraction of sp³-hybridized carbons (Fsp3) is 0.600. The summed E-state index contributed by atoms with van der Waals surface area (Å²) in [6.07, 6.45) is 10.6. The summed E-state index contributed by atoms with van der Waals surface area (Å²) in [7, 11) is 0. The van der Waals surface area contributed by atoms with E-state index >= 15 is 0 Å². The molecule has 0 spiro atoms. The normalized spacial score (nSPS) is 16.2. The minimum atomic E-state index is 0.111. The van der Waals surface area contributed by atoms with Gasteiger partial charge in [-0.15, -0.1) is 0 Å². The highest BCUT2D eigenvalue weighted by Crippen LogP contribution is 2.17. The monoisotopic (exact) mass is 261 g/mol. The average molecular weight is 261 g/mol. The Hall–Kier alpha value is -1.42. The van der Waals surface area contributed by atoms with E-state index in [0.29, 0.717) is 19.0 Å². The summed E-state index contributed by atoms with van der Waals surface area (Å²) < 4.78 is 0. The number of nitrogens with zero attached hydrogens (tertiary/aromatic N) is 1. The number of nitrogens with one attached hydrogen (secondary N) is 2. The van der Waals surface area contributed by atoms with Crippen LogP contribution in [0.4, 0.5) is 0 Å². The Morgan fingerprint density at radius 1 is 1.21 bits per heavy atom. The van der Waals surface area contributed by atoms with Crippen LogP contribution in [0.3, 0.4) is 0 Å². The highest BCUT2D eigenvalue weighted by molar-refractivity contribution is 5.76. The topological polar surface area (TPSA) is 54.0 Å². The third-order valence-electron chi connectivity index (χ3n) is 3.63. The largest absolute Gasteiger partial charge is 0.352 e. The highest BCUT2D eigenvalue weighted by atomic mass is 16.1. The van der Waals surface area contributed by atoms with E-state index in [1.54, 1.807) is 12.4 Å². The molecule has 0 aromatic carbocycles. The van der Waals surface area contributed by atoms with Crippen LogP contribution in [0.25, 0.3) is 0 Å². The number of pyridine rings is 1. The molecule has 1 aromatic rings. The lowest BCUT2D eigenvalue weighted by Crippen LogP contribution is -2.34. The van der Waals surface area contributed by atoms with Crippen molar-refractivity contribution in [1.82, 2.24) is 15.6 Å². The summed E-state index contributed by atoms with van der Waals surface area (Å²) in [5.41, 5.74) is 1.09. The molecule has 1 aliphatic carbocycles. The number of carbonyl (C=O) groups excluding carboxylic acids is 1. The van der Waals surface area contributed by atoms with Crippen LogP contribution >= 0.6 is 0 Å². The highest BCUT2D eigenvalue weighted by Gasteiger charge is 2.12. The molecule has 0 atom stereocenters. The molecular weight excluding hydrogens is 238 g/mol. The standard InChI is InChI=1S/C15H23N3O/c19-15(18-12-13-6-9-16-10-7-13)8-11-17-14-4-2-1-3-5-14/h6-7,9-10,14,17H,1-5,8,11-12H2,(H,18,19). The Kier molecular flexibility index (Phi) is 5.82. The number of aromatic nitrogens is 1. The second-order valence-corrected chi connectivity index (χ2v) is 5.17. The van der Waals surface area contributed by atoms with Gasteiger partial charge in [-0.1, -0.05) is 19.3 Å². The first-order valence-electron chi connectivity index (χ1n) is 7.23. The van der Waals surface area contributed by atoms with Gasteiger partial charge in [0, 0.05) is 37.9 Å². The van der Waals surface area contributed by atoms with Crippen molar-refractivity contribution in [2.45, 2.75) is 51.1 Å². The van der Waals surface area contributed by atoms with Gasteiger partial charge >= 0.3 is 0 Å². The predicted molar refractivity (Wildman–Crippen MR) is 75.6 cm³/mol. The zero-order valence-corrected chi connectivity index (χ0v) is 11.4. The minimum absolute atomic E-state index is 0.111. The number of hydrogen-bond acceptors (Lipinski definition) is 3. The van der Waals surface area contributed by atoms with Crippen LogP contribution in [0.2, 0.25) is 0 Å². The van der Waals surface area contributed by atoms with Gasteiger partial charge in [0.15, 0.2) is 0 Å². The molecule has 1 aliphatic rings. The Morgan fingerprint density at radius 3 is 2.68 bits per heavy atom. The molecule has 4 nitrogen and oxygen atoms in total. The third kappa shape index (κ3) is 5.39. The first kappa shape index (κ1) is 14.0. The summed E-state index contributed by atoms with van der Waals surface area (Å²) in [6, 6.07) is 4.46. The molecule has 1 saturated carbocycles. The van der Waals surface area contributed by atoms with Gasteiger partial charge in [-0.25, -0.2) is 0 Å². The van der Waals surface area contributed by atoms with E-state index in [4.69, 9.17) is 0 Å². The predicted octanol–water partition coefficient (Wildman–Crippen LogP) is 2.01. The van der Waals surface area contributed by atoms with Crippen molar-refractivity contribution in [2.24, 2.45) is 0 Å². The molecular formula is C15H23N3O. The van der Waals surface area contributed by atoms with Crippen LogP contribution in [0, 0.1) is 0 Å². The quantitative estimate of drug-likeness (QED) is 0.823. The summed E-state index contributed by atoms with van der Waals surface area (Å²) in [5, 5.41) is 6.41. The SMILES string of the molecule is O=C(CCNC1CCCCC1)NCc1ccncc1. The maximum atomic E-state index is 11.7. The number of hydrogen-bond donors (Lipinski definition) is 2. The Morgan fingerprint density at radius 2 is 1.95 bits per heavy atom. The molecule has 19 heavy (non-hydrogen) atoms. The van der Waals surface area contributed by atoms with Crippen molar-refractivity contribution >= 4 is 5.91 Å². The molecule has 4 heteroatoms. The Bertz CT molecular complexity index is 374. The van der Waals surface area contributed by atoms with Gasteiger partial charge in [0.1, 0.15) is 0 Å². The van der Waals surface area contributed by atoms with Crippen molar-refractivity contribution < 1.29 is 4.79 Å². The van der Waals surface area contributed by atoms with E-state index in [0.717, 1.165) is 12.1 Å². The van der Waals surface area contributed by atoms with Crippen LogP contribution in [0.15, 0.2) is 24.5 Å². The molecule has 0 aliphatic heterocycles. The first-order chi connectivity index (χ1) is 9.34. The van der Waals surface area contributed by atoms with E-state index in [9.17, 15) is 4.79 Å². The fourth-order valence-electron chi connectivity index (χ4n) is 2.49. The molecule has 1 amide bonds. The van der Waals surface area contributed by atoms with Gasteiger partial charge in [0.2, 0.25) is 5.91 Å². The zero-order chi connectivity index (χ0) is 13.3. The number of rotatable bonds is 6. The molecule has 0 radical (unpaired) electrons. The van der Waals surface area contributed by atoms with Gasteiger partial charge < -0.3 is 10.6 Å². The lowest BCUT2D eigenvalue weighted by Gasteiger charge is -2.22. The zero-order valence-electron chi connectivity index (χ0n) is 11.4. The van der Waals surface area contributed by atoms with Crippen molar-refractivity contribution in [3.8, 4) is 0 Å². The van der Waals surface area contributed by atoms with Gasteiger partial charge in [0.25, 0.3) is 0 Å². The van der Waals surface area contributed by atoms with Gasteiger partial charge in [0.05, 0.1) is 0 Å². The van der Waals surface area contributed by atoms with Crippen molar-refractivity contribution in [2.75, 3.05) is 6.54 Å². The maximum absolute atomic E-state index is 11.7. The van der Waals surface area contributed by atoms with Crippen molar-refractivity contribution in [1.29, 1.82) is 0 Å². The molecule has 1 aromatic heterocycles. The van der Waals surface area contributed by atoms with E-state index < -0.39 is 0 Å². The molecule has 0 unspecified atom stereocenters. The van der Waals surface area contributed by atoms with Gasteiger partial charge in [-0.05, 0) is 30.5 Å². The third-order valence-corrected chi connectivity index (χ3v) is 3.63. The summed E-state index contributed by atoms with van der Waals surface area (Å²) in [4.78, 5) is 15.6. The Balaban J connectivity index is 1.57. The molecule has 0 bridgehead atoms. The van der Waals surface area contributed by atoms with Crippen LogP contribution < -0.4 is 10.6 Å². The Labute approximate surface area is 115 Å². The van der Waals surface area contributed by atoms with Crippen LogP contribution in [0.1, 0.15) is 44.1 Å². The minimum Gasteiger partial charge on any atom is -0.352 e. The summed E-state index contributed by atoms with van der Waals surface area (Å²) in [5.74, 6) is 0.111. The van der Waals surface area contributed by atoms with E-state index in [2.05, 4.69) is 15.6 Å². The first-order valence-corrected chi connectivity index (χ1v) is 7.23. The molecule has 2 rings (SSSR count). The second-order valence-electron chi connectivity index (χ2n) is 5.17. The van der Waals surface area contributed by atoms with Gasteiger partial charge in [-0.3, -0.25) is 9.78 Å². The van der Waals surface area contributed by atoms with E-state index in [1.165, 1.54) is 32.1 Å².